The Hall–Kier alpha value is -3.15. The van der Waals surface area contributed by atoms with Crippen LogP contribution in [0.25, 0.3) is 18.2 Å². The SMILES string of the molecule is CCCc1c(/C=C/c2ccc(OC)cc2)nc2n(c1=O)C1CC1(C(=O)O)C=C2. The van der Waals surface area contributed by atoms with Crippen molar-refractivity contribution in [3.8, 4) is 5.75 Å². The Labute approximate surface area is 162 Å². The van der Waals surface area contributed by atoms with E-state index in [0.29, 0.717) is 29.9 Å². The highest BCUT2D eigenvalue weighted by Gasteiger charge is 2.62. The molecule has 6 nitrogen and oxygen atoms in total. The highest BCUT2D eigenvalue weighted by atomic mass is 16.5. The molecule has 0 amide bonds. The van der Waals surface area contributed by atoms with Crippen molar-refractivity contribution in [1.82, 2.24) is 9.55 Å². The van der Waals surface area contributed by atoms with E-state index in [1.54, 1.807) is 23.8 Å². The lowest BCUT2D eigenvalue weighted by Gasteiger charge is -2.19. The van der Waals surface area contributed by atoms with Gasteiger partial charge in [0, 0.05) is 5.56 Å². The van der Waals surface area contributed by atoms with Crippen LogP contribution in [0.5, 0.6) is 5.75 Å². The van der Waals surface area contributed by atoms with Gasteiger partial charge in [-0.2, -0.15) is 0 Å². The van der Waals surface area contributed by atoms with Gasteiger partial charge in [0.25, 0.3) is 5.56 Å². The molecule has 144 valence electrons. The van der Waals surface area contributed by atoms with Crippen molar-refractivity contribution in [1.29, 1.82) is 0 Å². The number of carbonyl (C=O) groups is 1. The molecular weight excluding hydrogens is 356 g/mol. The van der Waals surface area contributed by atoms with Crippen molar-refractivity contribution >= 4 is 24.2 Å². The molecule has 0 spiro atoms. The normalized spacial score (nSPS) is 22.0. The van der Waals surface area contributed by atoms with Crippen LogP contribution in [0.2, 0.25) is 0 Å². The van der Waals surface area contributed by atoms with Crippen molar-refractivity contribution < 1.29 is 14.6 Å². The number of ether oxygens (including phenoxy) is 1. The lowest BCUT2D eigenvalue weighted by Crippen LogP contribution is -2.32. The van der Waals surface area contributed by atoms with E-state index in [-0.39, 0.29) is 11.6 Å². The maximum absolute atomic E-state index is 13.2. The third kappa shape index (κ3) is 2.85. The van der Waals surface area contributed by atoms with Gasteiger partial charge in [-0.3, -0.25) is 14.2 Å². The molecule has 28 heavy (non-hydrogen) atoms. The van der Waals surface area contributed by atoms with Crippen LogP contribution >= 0.6 is 0 Å². The number of hydrogen-bond donors (Lipinski definition) is 1. The number of rotatable bonds is 6. The van der Waals surface area contributed by atoms with Crippen LogP contribution in [-0.4, -0.2) is 27.7 Å². The highest BCUT2D eigenvalue weighted by molar-refractivity contribution is 5.84. The number of nitrogens with zero attached hydrogens (tertiary/aromatic N) is 2. The van der Waals surface area contributed by atoms with Gasteiger partial charge in [0.2, 0.25) is 0 Å². The summed E-state index contributed by atoms with van der Waals surface area (Å²) in [6, 6.07) is 7.29. The molecule has 1 aromatic heterocycles. The maximum Gasteiger partial charge on any atom is 0.315 e. The predicted octanol–water partition coefficient (Wildman–Crippen LogP) is 3.42. The minimum absolute atomic E-state index is 0.126. The number of hydrogen-bond acceptors (Lipinski definition) is 4. The van der Waals surface area contributed by atoms with E-state index in [1.165, 1.54) is 0 Å². The molecule has 1 aliphatic carbocycles. The van der Waals surface area contributed by atoms with Crippen molar-refractivity contribution in [3.63, 3.8) is 0 Å². The number of carboxylic acid groups (broad SMARTS) is 1. The van der Waals surface area contributed by atoms with Crippen molar-refractivity contribution in [2.75, 3.05) is 7.11 Å². The third-order valence-corrected chi connectivity index (χ3v) is 5.52. The lowest BCUT2D eigenvalue weighted by molar-refractivity contribution is -0.141. The van der Waals surface area contributed by atoms with Crippen molar-refractivity contribution in [2.45, 2.75) is 32.2 Å². The number of carboxylic acids is 1. The second-order valence-corrected chi connectivity index (χ2v) is 7.26. The fourth-order valence-electron chi connectivity index (χ4n) is 3.82. The predicted molar refractivity (Wildman–Crippen MR) is 107 cm³/mol. The molecule has 4 rings (SSSR count). The number of aromatic nitrogens is 2. The molecule has 1 aromatic carbocycles. The molecular formula is C22H22N2O4. The molecule has 2 aromatic rings. The van der Waals surface area contributed by atoms with Crippen LogP contribution in [0.1, 0.15) is 48.5 Å². The summed E-state index contributed by atoms with van der Waals surface area (Å²) in [5.41, 5.74) is 1.19. The Kier molecular flexibility index (Phi) is 4.41. The van der Waals surface area contributed by atoms with Gasteiger partial charge in [-0.25, -0.2) is 4.98 Å². The van der Waals surface area contributed by atoms with Gasteiger partial charge >= 0.3 is 5.97 Å². The van der Waals surface area contributed by atoms with E-state index < -0.39 is 11.4 Å². The maximum atomic E-state index is 13.2. The number of benzene rings is 1. The van der Waals surface area contributed by atoms with E-state index in [2.05, 4.69) is 4.98 Å². The Balaban J connectivity index is 1.75. The number of aliphatic carboxylic acids is 1. The zero-order valence-corrected chi connectivity index (χ0v) is 15.9. The standard InChI is InChI=1S/C22H22N2O4/c1-3-4-16-17(10-7-14-5-8-15(28-2)9-6-14)23-19-11-12-22(21(26)27)13-18(22)24(19)20(16)25/h5-12,18H,3-4,13H2,1-2H3,(H,26,27)/b10-7+. The molecule has 1 aliphatic heterocycles. The molecule has 1 fully saturated rings. The Bertz CT molecular complexity index is 1050. The number of methoxy groups -OCH3 is 1. The summed E-state index contributed by atoms with van der Waals surface area (Å²) in [6.45, 7) is 2.01. The van der Waals surface area contributed by atoms with Crippen LogP contribution < -0.4 is 10.3 Å². The minimum atomic E-state index is -0.942. The van der Waals surface area contributed by atoms with E-state index >= 15 is 0 Å². The first-order valence-electron chi connectivity index (χ1n) is 9.40. The third-order valence-electron chi connectivity index (χ3n) is 5.52. The fourth-order valence-corrected chi connectivity index (χ4v) is 3.82. The summed E-state index contributed by atoms with van der Waals surface area (Å²) < 4.78 is 6.74. The zero-order valence-electron chi connectivity index (χ0n) is 15.9. The molecule has 1 saturated carbocycles. The first kappa shape index (κ1) is 18.2. The van der Waals surface area contributed by atoms with Gasteiger partial charge in [0.1, 0.15) is 17.0 Å². The summed E-state index contributed by atoms with van der Waals surface area (Å²) in [5.74, 6) is 0.427. The average Bonchev–Trinajstić information content (AvgIpc) is 3.45. The monoisotopic (exact) mass is 378 g/mol. The molecule has 2 aliphatic rings. The average molecular weight is 378 g/mol. The summed E-state index contributed by atoms with van der Waals surface area (Å²) in [5, 5.41) is 9.52. The van der Waals surface area contributed by atoms with Crippen LogP contribution in [-0.2, 0) is 11.2 Å². The smallest absolute Gasteiger partial charge is 0.315 e. The molecule has 2 unspecified atom stereocenters. The molecule has 0 radical (unpaired) electrons. The second kappa shape index (κ2) is 6.78. The summed E-state index contributed by atoms with van der Waals surface area (Å²) in [4.78, 5) is 29.5. The van der Waals surface area contributed by atoms with Crippen molar-refractivity contribution in [3.05, 3.63) is 63.3 Å². The highest BCUT2D eigenvalue weighted by Crippen LogP contribution is 2.59. The van der Waals surface area contributed by atoms with Gasteiger partial charge in [0.15, 0.2) is 0 Å². The van der Waals surface area contributed by atoms with Gasteiger partial charge < -0.3 is 9.84 Å². The first-order valence-corrected chi connectivity index (χ1v) is 9.40. The Morgan fingerprint density at radius 1 is 1.36 bits per heavy atom. The fraction of sp³-hybridized carbons (Fsp3) is 0.318. The minimum Gasteiger partial charge on any atom is -0.497 e. The zero-order chi connectivity index (χ0) is 19.9. The molecule has 6 heteroatoms. The second-order valence-electron chi connectivity index (χ2n) is 7.26. The summed E-state index contributed by atoms with van der Waals surface area (Å²) >= 11 is 0. The van der Waals surface area contributed by atoms with E-state index in [0.717, 1.165) is 17.7 Å². The molecule has 0 bridgehead atoms. The van der Waals surface area contributed by atoms with Crippen LogP contribution in [0, 0.1) is 5.41 Å². The lowest BCUT2D eigenvalue weighted by atomic mass is 10.0. The van der Waals surface area contributed by atoms with Gasteiger partial charge in [-0.1, -0.05) is 37.6 Å². The Morgan fingerprint density at radius 3 is 2.75 bits per heavy atom. The first-order chi connectivity index (χ1) is 13.5. The molecule has 1 N–H and O–H groups in total. The topological polar surface area (TPSA) is 81.4 Å². The van der Waals surface area contributed by atoms with Crippen molar-refractivity contribution in [2.24, 2.45) is 5.41 Å². The Morgan fingerprint density at radius 2 is 2.11 bits per heavy atom. The number of fused-ring (bicyclic) bond motifs is 3. The molecule has 2 heterocycles. The van der Waals surface area contributed by atoms with Gasteiger partial charge in [-0.05, 0) is 42.7 Å². The molecule has 0 saturated heterocycles. The van der Waals surface area contributed by atoms with E-state index in [4.69, 9.17) is 4.74 Å². The van der Waals surface area contributed by atoms with Crippen LogP contribution in [0.3, 0.4) is 0 Å². The van der Waals surface area contributed by atoms with E-state index in [9.17, 15) is 14.7 Å². The van der Waals surface area contributed by atoms with Crippen LogP contribution in [0.15, 0.2) is 35.1 Å². The summed E-state index contributed by atoms with van der Waals surface area (Å²) in [7, 11) is 1.62. The van der Waals surface area contributed by atoms with Crippen LogP contribution in [0.4, 0.5) is 0 Å². The largest absolute Gasteiger partial charge is 0.497 e. The summed E-state index contributed by atoms with van der Waals surface area (Å²) in [6.07, 6.45) is 8.98. The molecule has 2 atom stereocenters. The van der Waals surface area contributed by atoms with Gasteiger partial charge in [-0.15, -0.1) is 0 Å². The van der Waals surface area contributed by atoms with Gasteiger partial charge in [0.05, 0.1) is 18.8 Å². The quantitative estimate of drug-likeness (QED) is 0.833. The van der Waals surface area contributed by atoms with E-state index in [1.807, 2.05) is 43.3 Å².